The second-order valence-corrected chi connectivity index (χ2v) is 9.07. The standard InChI is InChI=1S/C22H29N5O2S/c1-26(16-8-3-2-4-9-16)21(28)15-30-18-11-6-5-10-17(18)22(29)23-14-20-25-24-19-12-7-13-27(19)20/h5-6,10-11,16H,2-4,7-9,12-15H2,1H3,(H,23,29). The number of aryl methyl sites for hydroxylation is 1. The van der Waals surface area contributed by atoms with Crippen molar-refractivity contribution in [3.63, 3.8) is 0 Å². The highest BCUT2D eigenvalue weighted by Gasteiger charge is 2.23. The molecule has 2 amide bonds. The summed E-state index contributed by atoms with van der Waals surface area (Å²) in [6.07, 6.45) is 7.89. The predicted molar refractivity (Wildman–Crippen MR) is 116 cm³/mol. The van der Waals surface area contributed by atoms with Crippen molar-refractivity contribution in [3.8, 4) is 0 Å². The van der Waals surface area contributed by atoms with Crippen molar-refractivity contribution >= 4 is 23.6 Å². The topological polar surface area (TPSA) is 80.1 Å². The zero-order chi connectivity index (χ0) is 20.9. The quantitative estimate of drug-likeness (QED) is 0.687. The molecule has 0 saturated heterocycles. The summed E-state index contributed by atoms with van der Waals surface area (Å²) in [5.74, 6) is 2.11. The van der Waals surface area contributed by atoms with Crippen molar-refractivity contribution in [2.75, 3.05) is 12.8 Å². The summed E-state index contributed by atoms with van der Waals surface area (Å²) in [6, 6.07) is 7.82. The number of carbonyl (C=O) groups excluding carboxylic acids is 2. The van der Waals surface area contributed by atoms with Crippen LogP contribution in [-0.4, -0.2) is 50.3 Å². The summed E-state index contributed by atoms with van der Waals surface area (Å²) >= 11 is 1.43. The van der Waals surface area contributed by atoms with E-state index in [4.69, 9.17) is 0 Å². The number of nitrogens with zero attached hydrogens (tertiary/aromatic N) is 4. The molecule has 4 rings (SSSR count). The van der Waals surface area contributed by atoms with Crippen LogP contribution in [0.2, 0.25) is 0 Å². The first kappa shape index (κ1) is 20.9. The van der Waals surface area contributed by atoms with E-state index in [0.29, 0.717) is 23.9 Å². The van der Waals surface area contributed by atoms with Gasteiger partial charge in [0.05, 0.1) is 17.9 Å². The lowest BCUT2D eigenvalue weighted by Gasteiger charge is -2.31. The summed E-state index contributed by atoms with van der Waals surface area (Å²) < 4.78 is 2.08. The predicted octanol–water partition coefficient (Wildman–Crippen LogP) is 3.04. The number of thioether (sulfide) groups is 1. The van der Waals surface area contributed by atoms with Crippen molar-refractivity contribution in [2.24, 2.45) is 0 Å². The lowest BCUT2D eigenvalue weighted by molar-refractivity contribution is -0.129. The minimum absolute atomic E-state index is 0.126. The van der Waals surface area contributed by atoms with Gasteiger partial charge in [-0.15, -0.1) is 22.0 Å². The van der Waals surface area contributed by atoms with E-state index in [2.05, 4.69) is 20.1 Å². The molecule has 30 heavy (non-hydrogen) atoms. The number of aromatic nitrogens is 3. The molecular weight excluding hydrogens is 398 g/mol. The largest absolute Gasteiger partial charge is 0.345 e. The first-order valence-corrected chi connectivity index (χ1v) is 11.8. The molecule has 0 radical (unpaired) electrons. The minimum atomic E-state index is -0.151. The number of fused-ring (bicyclic) bond motifs is 1. The van der Waals surface area contributed by atoms with Crippen LogP contribution in [-0.2, 0) is 24.3 Å². The van der Waals surface area contributed by atoms with Gasteiger partial charge >= 0.3 is 0 Å². The number of hydrogen-bond donors (Lipinski definition) is 1. The van der Waals surface area contributed by atoms with E-state index < -0.39 is 0 Å². The molecule has 1 saturated carbocycles. The molecule has 1 aliphatic heterocycles. The summed E-state index contributed by atoms with van der Waals surface area (Å²) in [6.45, 7) is 1.27. The molecule has 1 aliphatic carbocycles. The van der Waals surface area contributed by atoms with Gasteiger partial charge in [0.2, 0.25) is 5.91 Å². The normalized spacial score (nSPS) is 16.3. The Morgan fingerprint density at radius 2 is 1.97 bits per heavy atom. The van der Waals surface area contributed by atoms with E-state index in [0.717, 1.165) is 48.8 Å². The summed E-state index contributed by atoms with van der Waals surface area (Å²) in [7, 11) is 1.91. The second-order valence-electron chi connectivity index (χ2n) is 8.05. The molecule has 2 heterocycles. The molecule has 1 aromatic carbocycles. The highest BCUT2D eigenvalue weighted by molar-refractivity contribution is 8.00. The minimum Gasteiger partial charge on any atom is -0.345 e. The highest BCUT2D eigenvalue weighted by atomic mass is 32.2. The molecule has 0 bridgehead atoms. The van der Waals surface area contributed by atoms with Crippen molar-refractivity contribution < 1.29 is 9.59 Å². The van der Waals surface area contributed by atoms with Crippen LogP contribution in [0.3, 0.4) is 0 Å². The molecule has 1 aromatic heterocycles. The van der Waals surface area contributed by atoms with E-state index in [9.17, 15) is 9.59 Å². The maximum atomic E-state index is 12.8. The van der Waals surface area contributed by atoms with Crippen molar-refractivity contribution in [3.05, 3.63) is 41.5 Å². The van der Waals surface area contributed by atoms with Crippen LogP contribution in [0.4, 0.5) is 0 Å². The molecule has 0 unspecified atom stereocenters. The maximum Gasteiger partial charge on any atom is 0.252 e. The van der Waals surface area contributed by atoms with Crippen LogP contribution >= 0.6 is 11.8 Å². The van der Waals surface area contributed by atoms with Crippen LogP contribution in [0.15, 0.2) is 29.2 Å². The van der Waals surface area contributed by atoms with E-state index in [1.807, 2.05) is 30.1 Å². The molecule has 8 heteroatoms. The average molecular weight is 428 g/mol. The fourth-order valence-corrected chi connectivity index (χ4v) is 5.26. The summed E-state index contributed by atoms with van der Waals surface area (Å²) in [5.41, 5.74) is 0.594. The van der Waals surface area contributed by atoms with Crippen molar-refractivity contribution in [1.82, 2.24) is 25.0 Å². The first-order chi connectivity index (χ1) is 14.6. The van der Waals surface area contributed by atoms with Gasteiger partial charge in [0.15, 0.2) is 5.82 Å². The highest BCUT2D eigenvalue weighted by Crippen LogP contribution is 2.26. The number of amides is 2. The van der Waals surface area contributed by atoms with Crippen LogP contribution in [0, 0.1) is 0 Å². The fraction of sp³-hybridized carbons (Fsp3) is 0.545. The van der Waals surface area contributed by atoms with Gasteiger partial charge < -0.3 is 14.8 Å². The van der Waals surface area contributed by atoms with Gasteiger partial charge in [-0.3, -0.25) is 9.59 Å². The van der Waals surface area contributed by atoms with E-state index in [-0.39, 0.29) is 11.8 Å². The maximum absolute atomic E-state index is 12.8. The number of nitrogens with one attached hydrogen (secondary N) is 1. The lowest BCUT2D eigenvalue weighted by Crippen LogP contribution is -2.39. The molecule has 0 atom stereocenters. The van der Waals surface area contributed by atoms with Gasteiger partial charge in [-0.1, -0.05) is 31.4 Å². The average Bonchev–Trinajstić information content (AvgIpc) is 3.40. The van der Waals surface area contributed by atoms with Gasteiger partial charge in [-0.2, -0.15) is 0 Å². The summed E-state index contributed by atoms with van der Waals surface area (Å²) in [4.78, 5) is 28.2. The van der Waals surface area contributed by atoms with Gasteiger partial charge in [-0.05, 0) is 31.4 Å². The van der Waals surface area contributed by atoms with Crippen molar-refractivity contribution in [1.29, 1.82) is 0 Å². The zero-order valence-electron chi connectivity index (χ0n) is 17.5. The Balaban J connectivity index is 1.34. The Kier molecular flexibility index (Phi) is 6.72. The van der Waals surface area contributed by atoms with Gasteiger partial charge in [-0.25, -0.2) is 0 Å². The van der Waals surface area contributed by atoms with Crippen LogP contribution in [0.5, 0.6) is 0 Å². The Hall–Kier alpha value is -2.35. The van der Waals surface area contributed by atoms with Crippen molar-refractivity contribution in [2.45, 2.75) is 69.0 Å². The zero-order valence-corrected chi connectivity index (χ0v) is 18.3. The second kappa shape index (κ2) is 9.64. The van der Waals surface area contributed by atoms with Crippen LogP contribution in [0.1, 0.15) is 60.5 Å². The van der Waals surface area contributed by atoms with E-state index in [1.165, 1.54) is 31.0 Å². The molecule has 2 aromatic rings. The Morgan fingerprint density at radius 3 is 2.80 bits per heavy atom. The number of hydrogen-bond acceptors (Lipinski definition) is 5. The molecular formula is C22H29N5O2S. The van der Waals surface area contributed by atoms with Gasteiger partial charge in [0.25, 0.3) is 5.91 Å². The molecule has 7 nitrogen and oxygen atoms in total. The number of benzene rings is 1. The molecule has 0 spiro atoms. The van der Waals surface area contributed by atoms with E-state index >= 15 is 0 Å². The number of carbonyl (C=O) groups is 2. The van der Waals surface area contributed by atoms with Crippen LogP contribution in [0.25, 0.3) is 0 Å². The fourth-order valence-electron chi connectivity index (χ4n) is 4.29. The van der Waals surface area contributed by atoms with Gasteiger partial charge in [0.1, 0.15) is 5.82 Å². The SMILES string of the molecule is CN(C(=O)CSc1ccccc1C(=O)NCc1nnc2n1CCC2)C1CCCCC1. The third-order valence-electron chi connectivity index (χ3n) is 6.09. The first-order valence-electron chi connectivity index (χ1n) is 10.8. The third kappa shape index (κ3) is 4.69. The monoisotopic (exact) mass is 427 g/mol. The van der Waals surface area contributed by atoms with Gasteiger partial charge in [0, 0.05) is 31.0 Å². The Bertz CT molecular complexity index is 907. The Morgan fingerprint density at radius 1 is 1.17 bits per heavy atom. The lowest BCUT2D eigenvalue weighted by atomic mass is 9.94. The van der Waals surface area contributed by atoms with Crippen LogP contribution < -0.4 is 5.32 Å². The Labute approximate surface area is 181 Å². The molecule has 160 valence electrons. The molecule has 1 fully saturated rings. The third-order valence-corrected chi connectivity index (χ3v) is 7.15. The summed E-state index contributed by atoms with van der Waals surface area (Å²) in [5, 5.41) is 11.3. The smallest absolute Gasteiger partial charge is 0.252 e. The molecule has 2 aliphatic rings. The molecule has 1 N–H and O–H groups in total. The van der Waals surface area contributed by atoms with E-state index in [1.54, 1.807) is 6.07 Å². The number of rotatable bonds is 7.